The third kappa shape index (κ3) is 4.75. The van der Waals surface area contributed by atoms with Crippen molar-refractivity contribution >= 4 is 46.1 Å². The zero-order chi connectivity index (χ0) is 19.9. The number of fused-ring (bicyclic) bond motifs is 1. The predicted molar refractivity (Wildman–Crippen MR) is 109 cm³/mol. The molecule has 0 saturated carbocycles. The van der Waals surface area contributed by atoms with Crippen molar-refractivity contribution < 1.29 is 9.53 Å². The molecule has 0 aliphatic carbocycles. The van der Waals surface area contributed by atoms with Gasteiger partial charge in [-0.2, -0.15) is 5.10 Å². The molecule has 28 heavy (non-hydrogen) atoms. The Hall–Kier alpha value is -2.31. The summed E-state index contributed by atoms with van der Waals surface area (Å²) in [5.41, 5.74) is 1.36. The maximum Gasteiger partial charge on any atom is 0.265 e. The van der Waals surface area contributed by atoms with E-state index in [0.29, 0.717) is 42.0 Å². The van der Waals surface area contributed by atoms with Gasteiger partial charge in [0.2, 0.25) is 0 Å². The maximum absolute atomic E-state index is 12.2. The number of thioether (sulfide) groups is 1. The maximum atomic E-state index is 12.2. The summed E-state index contributed by atoms with van der Waals surface area (Å²) in [6.45, 7) is 5.95. The molecule has 0 saturated heterocycles. The number of amides is 1. The molecule has 0 aliphatic rings. The van der Waals surface area contributed by atoms with Crippen LogP contribution < -0.4 is 10.6 Å². The molecule has 0 aromatic carbocycles. The molecule has 12 heteroatoms. The number of nitrogens with zero attached hydrogens (tertiary/aromatic N) is 6. The number of nitrogens with one attached hydrogen (secondary N) is 2. The summed E-state index contributed by atoms with van der Waals surface area (Å²) in [4.78, 5) is 21.9. The van der Waals surface area contributed by atoms with Gasteiger partial charge in [0.1, 0.15) is 10.7 Å². The van der Waals surface area contributed by atoms with Crippen molar-refractivity contribution in [1.82, 2.24) is 34.7 Å². The summed E-state index contributed by atoms with van der Waals surface area (Å²) in [7, 11) is 1.66. The average Bonchev–Trinajstić information content (AvgIpc) is 3.29. The van der Waals surface area contributed by atoms with Crippen LogP contribution >= 0.6 is 23.3 Å². The summed E-state index contributed by atoms with van der Waals surface area (Å²) in [6.07, 6.45) is 1.74. The SMILES string of the molecule is CCSc1nc(NCCOC)c2cnn(CCNC(=O)c3snnc3C)c2n1. The number of anilines is 1. The first kappa shape index (κ1) is 20.4. The molecule has 10 nitrogen and oxygen atoms in total. The Kier molecular flexibility index (Phi) is 7.12. The Morgan fingerprint density at radius 3 is 2.93 bits per heavy atom. The summed E-state index contributed by atoms with van der Waals surface area (Å²) in [5, 5.41) is 16.0. The normalized spacial score (nSPS) is 11.1. The zero-order valence-electron chi connectivity index (χ0n) is 15.9. The number of hydrogen-bond donors (Lipinski definition) is 2. The van der Waals surface area contributed by atoms with Gasteiger partial charge in [-0.15, -0.1) is 5.10 Å². The van der Waals surface area contributed by atoms with E-state index in [9.17, 15) is 4.79 Å². The molecular weight excluding hydrogens is 400 g/mol. The molecule has 0 atom stereocenters. The average molecular weight is 423 g/mol. The summed E-state index contributed by atoms with van der Waals surface area (Å²) in [5.74, 6) is 1.43. The van der Waals surface area contributed by atoms with Crippen molar-refractivity contribution in [3.05, 3.63) is 16.8 Å². The van der Waals surface area contributed by atoms with Crippen LogP contribution in [0.3, 0.4) is 0 Å². The lowest BCUT2D eigenvalue weighted by Gasteiger charge is -2.09. The second-order valence-corrected chi connectivity index (χ2v) is 7.74. The number of methoxy groups -OCH3 is 1. The molecule has 0 fully saturated rings. The fourth-order valence-electron chi connectivity index (χ4n) is 2.49. The van der Waals surface area contributed by atoms with Crippen LogP contribution in [0.4, 0.5) is 5.82 Å². The third-order valence-corrected chi connectivity index (χ3v) is 5.37. The molecule has 3 heterocycles. The molecule has 0 bridgehead atoms. The van der Waals surface area contributed by atoms with Gasteiger partial charge in [-0.1, -0.05) is 23.2 Å². The highest BCUT2D eigenvalue weighted by atomic mass is 32.2. The van der Waals surface area contributed by atoms with E-state index >= 15 is 0 Å². The lowest BCUT2D eigenvalue weighted by molar-refractivity contribution is 0.0955. The predicted octanol–water partition coefficient (Wildman–Crippen LogP) is 1.59. The van der Waals surface area contributed by atoms with Crippen LogP contribution in [-0.2, 0) is 11.3 Å². The first-order valence-electron chi connectivity index (χ1n) is 8.80. The summed E-state index contributed by atoms with van der Waals surface area (Å²) < 4.78 is 10.7. The van der Waals surface area contributed by atoms with Crippen LogP contribution in [0.5, 0.6) is 0 Å². The minimum atomic E-state index is -0.178. The fraction of sp³-hybridized carbons (Fsp3) is 0.500. The minimum Gasteiger partial charge on any atom is -0.383 e. The van der Waals surface area contributed by atoms with Gasteiger partial charge in [-0.25, -0.2) is 14.6 Å². The monoisotopic (exact) mass is 422 g/mol. The molecule has 0 spiro atoms. The molecule has 3 rings (SSSR count). The van der Waals surface area contributed by atoms with Crippen molar-refractivity contribution in [2.24, 2.45) is 0 Å². The number of carbonyl (C=O) groups is 1. The van der Waals surface area contributed by atoms with Crippen molar-refractivity contribution in [3.63, 3.8) is 0 Å². The van der Waals surface area contributed by atoms with Crippen molar-refractivity contribution in [2.75, 3.05) is 37.9 Å². The Labute approximate surface area is 170 Å². The quantitative estimate of drug-likeness (QED) is 0.285. The van der Waals surface area contributed by atoms with E-state index in [1.165, 1.54) is 0 Å². The van der Waals surface area contributed by atoms with Crippen molar-refractivity contribution in [2.45, 2.75) is 25.5 Å². The third-order valence-electron chi connectivity index (χ3n) is 3.81. The van der Waals surface area contributed by atoms with E-state index < -0.39 is 0 Å². The largest absolute Gasteiger partial charge is 0.383 e. The number of aromatic nitrogens is 6. The second-order valence-electron chi connectivity index (χ2n) is 5.76. The van der Waals surface area contributed by atoms with Gasteiger partial charge in [-0.3, -0.25) is 4.79 Å². The Morgan fingerprint density at radius 1 is 1.36 bits per heavy atom. The van der Waals surface area contributed by atoms with Gasteiger partial charge < -0.3 is 15.4 Å². The molecule has 0 unspecified atom stereocenters. The molecule has 3 aromatic heterocycles. The Morgan fingerprint density at radius 2 is 2.21 bits per heavy atom. The molecule has 0 aliphatic heterocycles. The summed E-state index contributed by atoms with van der Waals surface area (Å²) >= 11 is 2.66. The van der Waals surface area contributed by atoms with Gasteiger partial charge >= 0.3 is 0 Å². The lowest BCUT2D eigenvalue weighted by Crippen LogP contribution is -2.27. The van der Waals surface area contributed by atoms with Gasteiger partial charge in [-0.05, 0) is 24.2 Å². The molecule has 0 radical (unpaired) electrons. The standard InChI is InChI=1S/C16H22N8O2S2/c1-4-27-16-20-13(17-6-8-26-3)11-9-19-24(14(11)21-16)7-5-18-15(25)12-10(2)22-23-28-12/h9H,4-8H2,1-3H3,(H,18,25)(H,17,20,21). The zero-order valence-corrected chi connectivity index (χ0v) is 17.6. The van der Waals surface area contributed by atoms with Crippen LogP contribution in [-0.4, -0.2) is 67.8 Å². The van der Waals surface area contributed by atoms with Gasteiger partial charge in [0.05, 0.1) is 30.4 Å². The first-order valence-corrected chi connectivity index (χ1v) is 10.6. The van der Waals surface area contributed by atoms with Crippen LogP contribution in [0.25, 0.3) is 11.0 Å². The number of rotatable bonds is 10. The lowest BCUT2D eigenvalue weighted by atomic mass is 10.3. The molecule has 1 amide bonds. The van der Waals surface area contributed by atoms with Gasteiger partial charge in [0, 0.05) is 20.2 Å². The molecule has 2 N–H and O–H groups in total. The Balaban J connectivity index is 1.73. The molecule has 3 aromatic rings. The van der Waals surface area contributed by atoms with Crippen LogP contribution in [0, 0.1) is 6.92 Å². The first-order chi connectivity index (χ1) is 13.6. The van der Waals surface area contributed by atoms with Gasteiger partial charge in [0.25, 0.3) is 5.91 Å². The van der Waals surface area contributed by atoms with Crippen molar-refractivity contribution in [3.8, 4) is 0 Å². The number of hydrogen-bond acceptors (Lipinski definition) is 10. The number of aryl methyl sites for hydroxylation is 1. The van der Waals surface area contributed by atoms with Crippen LogP contribution in [0.2, 0.25) is 0 Å². The fourth-order valence-corrected chi connectivity index (χ4v) is 3.63. The van der Waals surface area contributed by atoms with E-state index in [4.69, 9.17) is 4.74 Å². The minimum absolute atomic E-state index is 0.178. The van der Waals surface area contributed by atoms with Gasteiger partial charge in [0.15, 0.2) is 10.8 Å². The number of ether oxygens (including phenoxy) is 1. The highest BCUT2D eigenvalue weighted by Crippen LogP contribution is 2.24. The molecular formula is C16H22N8O2S2. The van der Waals surface area contributed by atoms with Crippen LogP contribution in [0.15, 0.2) is 11.4 Å². The smallest absolute Gasteiger partial charge is 0.265 e. The van der Waals surface area contributed by atoms with E-state index in [0.717, 1.165) is 34.1 Å². The van der Waals surface area contributed by atoms with E-state index in [1.807, 2.05) is 0 Å². The van der Waals surface area contributed by atoms with Crippen molar-refractivity contribution in [1.29, 1.82) is 0 Å². The Bertz CT molecular complexity index is 942. The molecule has 150 valence electrons. The summed E-state index contributed by atoms with van der Waals surface area (Å²) in [6, 6.07) is 0. The highest BCUT2D eigenvalue weighted by Gasteiger charge is 2.15. The second kappa shape index (κ2) is 9.75. The van der Waals surface area contributed by atoms with E-state index in [1.54, 1.807) is 36.7 Å². The topological polar surface area (TPSA) is 120 Å². The van der Waals surface area contributed by atoms with E-state index in [-0.39, 0.29) is 5.91 Å². The highest BCUT2D eigenvalue weighted by molar-refractivity contribution is 7.99. The number of carbonyl (C=O) groups excluding carboxylic acids is 1. The van der Waals surface area contributed by atoms with Crippen LogP contribution in [0.1, 0.15) is 22.3 Å². The van der Waals surface area contributed by atoms with E-state index in [2.05, 4.69) is 42.2 Å².